The van der Waals surface area contributed by atoms with E-state index >= 15 is 0 Å². The SMILES string of the molecule is CC(NC1CCCCC1C)c1ccccc1[N+](=O)[O-]. The molecule has 0 saturated heterocycles. The normalized spacial score (nSPS) is 24.9. The van der Waals surface area contributed by atoms with Crippen LogP contribution < -0.4 is 5.32 Å². The standard InChI is InChI=1S/C15H22N2O2/c1-11-7-3-5-9-14(11)16-12(2)13-8-4-6-10-15(13)17(18)19/h4,6,8,10-12,14,16H,3,5,7,9H2,1-2H3. The van der Waals surface area contributed by atoms with Crippen LogP contribution >= 0.6 is 0 Å². The average Bonchev–Trinajstić information content (AvgIpc) is 2.41. The molecule has 0 bridgehead atoms. The number of hydrogen-bond acceptors (Lipinski definition) is 3. The van der Waals surface area contributed by atoms with Crippen LogP contribution in [0.3, 0.4) is 0 Å². The van der Waals surface area contributed by atoms with E-state index < -0.39 is 0 Å². The van der Waals surface area contributed by atoms with Gasteiger partial charge in [-0.05, 0) is 25.7 Å². The van der Waals surface area contributed by atoms with E-state index in [0.717, 1.165) is 5.56 Å². The van der Waals surface area contributed by atoms with Gasteiger partial charge in [0.1, 0.15) is 0 Å². The average molecular weight is 262 g/mol. The molecule has 2 rings (SSSR count). The number of nitro benzene ring substituents is 1. The van der Waals surface area contributed by atoms with Crippen molar-refractivity contribution in [2.45, 2.75) is 51.6 Å². The third-order valence-corrected chi connectivity index (χ3v) is 4.18. The zero-order valence-corrected chi connectivity index (χ0v) is 11.6. The summed E-state index contributed by atoms with van der Waals surface area (Å²) in [6, 6.07) is 7.51. The smallest absolute Gasteiger partial charge is 0.274 e. The van der Waals surface area contributed by atoms with Crippen molar-refractivity contribution in [1.82, 2.24) is 5.32 Å². The molecule has 1 saturated carbocycles. The minimum atomic E-state index is -0.294. The molecule has 3 atom stereocenters. The van der Waals surface area contributed by atoms with Crippen LogP contribution in [-0.2, 0) is 0 Å². The molecule has 0 aromatic heterocycles. The highest BCUT2D eigenvalue weighted by Gasteiger charge is 2.25. The number of nitrogens with zero attached hydrogens (tertiary/aromatic N) is 1. The fraction of sp³-hybridized carbons (Fsp3) is 0.600. The lowest BCUT2D eigenvalue weighted by Gasteiger charge is -2.32. The lowest BCUT2D eigenvalue weighted by molar-refractivity contribution is -0.385. The Kier molecular flexibility index (Phi) is 4.53. The maximum absolute atomic E-state index is 11.1. The van der Waals surface area contributed by atoms with Crippen LogP contribution in [0.1, 0.15) is 51.1 Å². The van der Waals surface area contributed by atoms with E-state index in [1.54, 1.807) is 12.1 Å². The molecule has 1 fully saturated rings. The summed E-state index contributed by atoms with van der Waals surface area (Å²) in [6.07, 6.45) is 4.98. The fourth-order valence-corrected chi connectivity index (χ4v) is 2.99. The second kappa shape index (κ2) is 6.15. The van der Waals surface area contributed by atoms with Gasteiger partial charge < -0.3 is 5.32 Å². The van der Waals surface area contributed by atoms with Gasteiger partial charge in [0.05, 0.1) is 4.92 Å². The molecular weight excluding hydrogens is 240 g/mol. The van der Waals surface area contributed by atoms with Gasteiger partial charge in [0.15, 0.2) is 0 Å². The molecule has 4 nitrogen and oxygen atoms in total. The van der Waals surface area contributed by atoms with Crippen LogP contribution in [0.4, 0.5) is 5.69 Å². The minimum absolute atomic E-state index is 0.0205. The van der Waals surface area contributed by atoms with E-state index in [4.69, 9.17) is 0 Å². The first-order chi connectivity index (χ1) is 9.09. The van der Waals surface area contributed by atoms with Gasteiger partial charge in [0.2, 0.25) is 0 Å². The topological polar surface area (TPSA) is 55.2 Å². The Balaban J connectivity index is 2.11. The number of rotatable bonds is 4. The molecule has 1 aliphatic carbocycles. The predicted octanol–water partition coefficient (Wildman–Crippen LogP) is 3.82. The molecule has 0 heterocycles. The Labute approximate surface area is 114 Å². The van der Waals surface area contributed by atoms with E-state index in [2.05, 4.69) is 12.2 Å². The molecule has 104 valence electrons. The Morgan fingerprint density at radius 1 is 1.32 bits per heavy atom. The zero-order chi connectivity index (χ0) is 13.8. The van der Waals surface area contributed by atoms with Gasteiger partial charge in [-0.15, -0.1) is 0 Å². The Morgan fingerprint density at radius 2 is 2.00 bits per heavy atom. The lowest BCUT2D eigenvalue weighted by atomic mass is 9.85. The van der Waals surface area contributed by atoms with E-state index in [0.29, 0.717) is 12.0 Å². The fourth-order valence-electron chi connectivity index (χ4n) is 2.99. The third-order valence-electron chi connectivity index (χ3n) is 4.18. The first-order valence-electron chi connectivity index (χ1n) is 7.09. The highest BCUT2D eigenvalue weighted by Crippen LogP contribution is 2.29. The molecule has 19 heavy (non-hydrogen) atoms. The number of nitro groups is 1. The van der Waals surface area contributed by atoms with Gasteiger partial charge in [0.25, 0.3) is 5.69 Å². The summed E-state index contributed by atoms with van der Waals surface area (Å²) < 4.78 is 0. The summed E-state index contributed by atoms with van der Waals surface area (Å²) in [5.41, 5.74) is 0.997. The maximum Gasteiger partial charge on any atom is 0.274 e. The molecule has 1 aromatic carbocycles. The molecule has 1 N–H and O–H groups in total. The van der Waals surface area contributed by atoms with Crippen molar-refractivity contribution in [3.05, 3.63) is 39.9 Å². The number of nitrogens with one attached hydrogen (secondary N) is 1. The van der Waals surface area contributed by atoms with Gasteiger partial charge in [-0.25, -0.2) is 0 Å². The van der Waals surface area contributed by atoms with Crippen molar-refractivity contribution in [2.75, 3.05) is 0 Å². The zero-order valence-electron chi connectivity index (χ0n) is 11.6. The Hall–Kier alpha value is -1.42. The Morgan fingerprint density at radius 3 is 2.68 bits per heavy atom. The van der Waals surface area contributed by atoms with Crippen LogP contribution in [0.25, 0.3) is 0 Å². The van der Waals surface area contributed by atoms with E-state index in [1.165, 1.54) is 25.7 Å². The van der Waals surface area contributed by atoms with Crippen molar-refractivity contribution in [3.8, 4) is 0 Å². The molecule has 0 radical (unpaired) electrons. The molecular formula is C15H22N2O2. The Bertz CT molecular complexity index is 448. The second-order valence-corrected chi connectivity index (χ2v) is 5.57. The quantitative estimate of drug-likeness (QED) is 0.663. The van der Waals surface area contributed by atoms with Crippen molar-refractivity contribution >= 4 is 5.69 Å². The second-order valence-electron chi connectivity index (χ2n) is 5.57. The maximum atomic E-state index is 11.1. The predicted molar refractivity (Wildman–Crippen MR) is 76.1 cm³/mol. The van der Waals surface area contributed by atoms with E-state index in [9.17, 15) is 10.1 Å². The lowest BCUT2D eigenvalue weighted by Crippen LogP contribution is -2.38. The van der Waals surface area contributed by atoms with Crippen LogP contribution in [0.2, 0.25) is 0 Å². The van der Waals surface area contributed by atoms with Crippen molar-refractivity contribution in [1.29, 1.82) is 0 Å². The summed E-state index contributed by atoms with van der Waals surface area (Å²) >= 11 is 0. The van der Waals surface area contributed by atoms with Crippen molar-refractivity contribution < 1.29 is 4.92 Å². The summed E-state index contributed by atoms with van der Waals surface area (Å²) in [4.78, 5) is 10.8. The van der Waals surface area contributed by atoms with Gasteiger partial charge in [-0.1, -0.05) is 38.0 Å². The van der Waals surface area contributed by atoms with Gasteiger partial charge in [-0.3, -0.25) is 10.1 Å². The summed E-state index contributed by atoms with van der Waals surface area (Å²) in [5, 5.41) is 14.6. The summed E-state index contributed by atoms with van der Waals surface area (Å²) in [7, 11) is 0. The van der Waals surface area contributed by atoms with E-state index in [1.807, 2.05) is 19.1 Å². The molecule has 3 unspecified atom stereocenters. The monoisotopic (exact) mass is 262 g/mol. The molecule has 4 heteroatoms. The molecule has 0 amide bonds. The molecule has 1 aromatic rings. The molecule has 0 aliphatic heterocycles. The third kappa shape index (κ3) is 3.32. The van der Waals surface area contributed by atoms with Crippen molar-refractivity contribution in [2.24, 2.45) is 5.92 Å². The summed E-state index contributed by atoms with van der Waals surface area (Å²) in [5.74, 6) is 0.652. The summed E-state index contributed by atoms with van der Waals surface area (Å²) in [6.45, 7) is 4.28. The number of para-hydroxylation sites is 1. The van der Waals surface area contributed by atoms with Crippen LogP contribution in [0.15, 0.2) is 24.3 Å². The largest absolute Gasteiger partial charge is 0.307 e. The molecule has 0 spiro atoms. The highest BCUT2D eigenvalue weighted by molar-refractivity contribution is 5.41. The number of benzene rings is 1. The van der Waals surface area contributed by atoms with Gasteiger partial charge in [-0.2, -0.15) is 0 Å². The molecule has 1 aliphatic rings. The van der Waals surface area contributed by atoms with E-state index in [-0.39, 0.29) is 16.7 Å². The van der Waals surface area contributed by atoms with Crippen LogP contribution in [0, 0.1) is 16.0 Å². The highest BCUT2D eigenvalue weighted by atomic mass is 16.6. The first kappa shape index (κ1) is 14.0. The van der Waals surface area contributed by atoms with Gasteiger partial charge in [0, 0.05) is 23.7 Å². The van der Waals surface area contributed by atoms with Crippen LogP contribution in [-0.4, -0.2) is 11.0 Å². The van der Waals surface area contributed by atoms with Gasteiger partial charge >= 0.3 is 0 Å². The van der Waals surface area contributed by atoms with Crippen molar-refractivity contribution in [3.63, 3.8) is 0 Å². The first-order valence-corrected chi connectivity index (χ1v) is 7.09. The minimum Gasteiger partial charge on any atom is -0.307 e. The number of hydrogen-bond donors (Lipinski definition) is 1. The van der Waals surface area contributed by atoms with Crippen LogP contribution in [0.5, 0.6) is 0 Å².